The summed E-state index contributed by atoms with van der Waals surface area (Å²) in [6, 6.07) is 25.9. The molecule has 35 heavy (non-hydrogen) atoms. The molecule has 0 saturated carbocycles. The van der Waals surface area contributed by atoms with E-state index in [0.29, 0.717) is 0 Å². The average Bonchev–Trinajstić information content (AvgIpc) is 3.55. The normalized spacial score (nSPS) is 12.4. The van der Waals surface area contributed by atoms with Crippen molar-refractivity contribution in [1.82, 2.24) is 4.57 Å². The second kappa shape index (κ2) is 6.85. The molecule has 8 rings (SSSR count). The zero-order chi connectivity index (χ0) is 23.4. The minimum absolute atomic E-state index is 0.287. The lowest BCUT2D eigenvalue weighted by Gasteiger charge is -2.08. The Morgan fingerprint density at radius 1 is 0.571 bits per heavy atom. The molecule has 0 aliphatic carbocycles. The van der Waals surface area contributed by atoms with Gasteiger partial charge in [-0.05, 0) is 73.5 Å². The molecule has 2 nitrogen and oxygen atoms in total. The molecule has 0 aliphatic rings. The second-order valence-corrected chi connectivity index (χ2v) is 12.5. The molecule has 168 valence electrons. The summed E-state index contributed by atoms with van der Waals surface area (Å²) in [7, 11) is 0. The first-order valence-electron chi connectivity index (χ1n) is 11.6. The van der Waals surface area contributed by atoms with E-state index in [1.165, 1.54) is 71.9 Å². The number of aromatic nitrogens is 1. The molecule has 0 saturated heterocycles. The number of nitrogens with zero attached hydrogens (tertiary/aromatic N) is 1. The Balaban J connectivity index is 1.56. The number of phenols is 1. The number of fused-ring (bicyclic) bond motifs is 10. The minimum Gasteiger partial charge on any atom is -0.508 e. The lowest BCUT2D eigenvalue weighted by atomic mass is 10.1. The van der Waals surface area contributed by atoms with E-state index < -0.39 is 0 Å². The topological polar surface area (TPSA) is 25.2 Å². The predicted molar refractivity (Wildman–Crippen MR) is 156 cm³/mol. The summed E-state index contributed by atoms with van der Waals surface area (Å²) in [5.74, 6) is 0.287. The van der Waals surface area contributed by atoms with Crippen LogP contribution in [0.25, 0.3) is 66.5 Å². The quantitative estimate of drug-likeness (QED) is 0.236. The van der Waals surface area contributed by atoms with Gasteiger partial charge < -0.3 is 9.67 Å². The fraction of sp³-hybridized carbons (Fsp3) is 0.0667. The first-order valence-corrected chi connectivity index (χ1v) is 14.0. The summed E-state index contributed by atoms with van der Waals surface area (Å²) in [5, 5.41) is 15.2. The molecule has 0 atom stereocenters. The van der Waals surface area contributed by atoms with Crippen LogP contribution in [0.1, 0.15) is 11.1 Å². The summed E-state index contributed by atoms with van der Waals surface area (Å²) >= 11 is 5.71. The van der Waals surface area contributed by atoms with Crippen LogP contribution in [0.15, 0.2) is 72.8 Å². The van der Waals surface area contributed by atoms with Crippen molar-refractivity contribution in [2.75, 3.05) is 0 Å². The second-order valence-electron chi connectivity index (χ2n) is 9.36. The lowest BCUT2D eigenvalue weighted by Crippen LogP contribution is -1.93. The Labute approximate surface area is 212 Å². The lowest BCUT2D eigenvalue weighted by molar-refractivity contribution is 0.475. The number of aromatic hydroxyl groups is 1. The summed E-state index contributed by atoms with van der Waals surface area (Å²) in [6.45, 7) is 4.32. The van der Waals surface area contributed by atoms with Crippen molar-refractivity contribution in [3.8, 4) is 11.4 Å². The number of hydrogen-bond acceptors (Lipinski definition) is 4. The molecule has 4 heterocycles. The summed E-state index contributed by atoms with van der Waals surface area (Å²) < 4.78 is 10.5. The summed E-state index contributed by atoms with van der Waals surface area (Å²) in [4.78, 5) is 0. The van der Waals surface area contributed by atoms with E-state index in [0.717, 1.165) is 5.69 Å². The van der Waals surface area contributed by atoms with Gasteiger partial charge in [0.15, 0.2) is 0 Å². The van der Waals surface area contributed by atoms with Gasteiger partial charge in [0.25, 0.3) is 0 Å². The Bertz CT molecular complexity index is 2130. The number of hydrogen-bond donors (Lipinski definition) is 1. The molecule has 0 radical (unpaired) electrons. The van der Waals surface area contributed by atoms with E-state index in [4.69, 9.17) is 0 Å². The van der Waals surface area contributed by atoms with Gasteiger partial charge in [-0.3, -0.25) is 0 Å². The number of aryl methyl sites for hydroxylation is 2. The van der Waals surface area contributed by atoms with Gasteiger partial charge in [0.1, 0.15) is 5.75 Å². The maximum atomic E-state index is 9.96. The van der Waals surface area contributed by atoms with Gasteiger partial charge >= 0.3 is 0 Å². The van der Waals surface area contributed by atoms with Crippen LogP contribution < -0.4 is 0 Å². The van der Waals surface area contributed by atoms with Gasteiger partial charge in [0, 0.05) is 41.3 Å². The van der Waals surface area contributed by atoms with Gasteiger partial charge in [0.05, 0.1) is 25.1 Å². The largest absolute Gasteiger partial charge is 0.508 e. The van der Waals surface area contributed by atoms with Crippen molar-refractivity contribution in [2.24, 2.45) is 0 Å². The molecule has 4 aromatic carbocycles. The maximum Gasteiger partial charge on any atom is 0.115 e. The van der Waals surface area contributed by atoms with E-state index in [9.17, 15) is 5.11 Å². The van der Waals surface area contributed by atoms with Crippen LogP contribution in [0.2, 0.25) is 0 Å². The molecule has 1 N–H and O–H groups in total. The molecule has 0 amide bonds. The van der Waals surface area contributed by atoms with Crippen molar-refractivity contribution in [1.29, 1.82) is 0 Å². The van der Waals surface area contributed by atoms with Gasteiger partial charge in [-0.2, -0.15) is 0 Å². The van der Waals surface area contributed by atoms with Crippen molar-refractivity contribution < 1.29 is 5.11 Å². The zero-order valence-corrected chi connectivity index (χ0v) is 21.5. The Hall–Kier alpha value is -3.38. The number of thiophene rings is 3. The summed E-state index contributed by atoms with van der Waals surface area (Å²) in [5.41, 5.74) is 6.14. The van der Waals surface area contributed by atoms with Crippen LogP contribution >= 0.6 is 34.0 Å². The molecule has 0 unspecified atom stereocenters. The first-order chi connectivity index (χ1) is 17.0. The molecule has 8 aromatic rings. The van der Waals surface area contributed by atoms with Crippen molar-refractivity contribution in [3.63, 3.8) is 0 Å². The third-order valence-electron chi connectivity index (χ3n) is 6.99. The van der Waals surface area contributed by atoms with Crippen LogP contribution in [0.5, 0.6) is 5.75 Å². The molecular formula is C30H19NOS3. The van der Waals surface area contributed by atoms with Gasteiger partial charge in [-0.15, -0.1) is 34.0 Å². The highest BCUT2D eigenvalue weighted by Crippen LogP contribution is 2.49. The molecule has 0 spiro atoms. The van der Waals surface area contributed by atoms with Crippen LogP contribution in [0.4, 0.5) is 0 Å². The molecular weight excluding hydrogens is 487 g/mol. The van der Waals surface area contributed by atoms with Crippen molar-refractivity contribution in [2.45, 2.75) is 13.8 Å². The smallest absolute Gasteiger partial charge is 0.115 e. The monoisotopic (exact) mass is 505 g/mol. The van der Waals surface area contributed by atoms with Gasteiger partial charge in [-0.1, -0.05) is 24.3 Å². The standard InChI is InChI=1S/C30H19NOS3/c1-15-3-9-19-24(11-15)33-28-21-14-26-22(30-29(35-26)20-10-4-16(2)12-25(20)34-30)13-23(21)31(27(19)28)17-5-7-18(32)8-6-17/h3-14,32H,1-2H3. The Morgan fingerprint density at radius 3 is 1.91 bits per heavy atom. The van der Waals surface area contributed by atoms with Crippen molar-refractivity contribution in [3.05, 3.63) is 83.9 Å². The SMILES string of the molecule is Cc1ccc2c(c1)sc1c3cc4c(cc3sc21)c1sc2cc(C)ccc2c1n4-c1ccc(O)cc1. The van der Waals surface area contributed by atoms with Crippen LogP contribution in [-0.2, 0) is 0 Å². The van der Waals surface area contributed by atoms with E-state index in [-0.39, 0.29) is 5.75 Å². The Kier molecular flexibility index (Phi) is 3.89. The van der Waals surface area contributed by atoms with Crippen LogP contribution in [-0.4, -0.2) is 9.67 Å². The van der Waals surface area contributed by atoms with Crippen LogP contribution in [0, 0.1) is 13.8 Å². The van der Waals surface area contributed by atoms with E-state index in [1.807, 2.05) is 46.1 Å². The highest BCUT2D eigenvalue weighted by atomic mass is 32.1. The fourth-order valence-electron chi connectivity index (χ4n) is 5.35. The number of benzene rings is 4. The fourth-order valence-corrected chi connectivity index (χ4v) is 9.43. The van der Waals surface area contributed by atoms with E-state index in [1.54, 1.807) is 12.1 Å². The van der Waals surface area contributed by atoms with E-state index >= 15 is 0 Å². The number of phenolic OH excluding ortho intramolecular Hbond substituents is 1. The summed E-state index contributed by atoms with van der Waals surface area (Å²) in [6.07, 6.45) is 0. The van der Waals surface area contributed by atoms with Crippen LogP contribution in [0.3, 0.4) is 0 Å². The molecule has 5 heteroatoms. The van der Waals surface area contributed by atoms with Crippen molar-refractivity contribution >= 4 is 94.8 Å². The third-order valence-corrected chi connectivity index (χ3v) is 10.7. The predicted octanol–water partition coefficient (Wildman–Crippen LogP) is 9.90. The van der Waals surface area contributed by atoms with E-state index in [2.05, 4.69) is 66.9 Å². The highest BCUT2D eigenvalue weighted by Gasteiger charge is 2.21. The number of rotatable bonds is 1. The molecule has 0 bridgehead atoms. The third kappa shape index (κ3) is 2.69. The molecule has 0 aliphatic heterocycles. The minimum atomic E-state index is 0.287. The Morgan fingerprint density at radius 2 is 1.17 bits per heavy atom. The van der Waals surface area contributed by atoms with Gasteiger partial charge in [0.2, 0.25) is 0 Å². The maximum absolute atomic E-state index is 9.96. The van der Waals surface area contributed by atoms with Gasteiger partial charge in [-0.25, -0.2) is 0 Å². The molecule has 0 fully saturated rings. The average molecular weight is 506 g/mol. The first kappa shape index (κ1) is 19.9. The zero-order valence-electron chi connectivity index (χ0n) is 19.0. The molecule has 4 aromatic heterocycles. The highest BCUT2D eigenvalue weighted by molar-refractivity contribution is 7.36.